The van der Waals surface area contributed by atoms with Gasteiger partial charge in [-0.2, -0.15) is 5.10 Å². The van der Waals surface area contributed by atoms with Crippen molar-refractivity contribution in [3.8, 4) is 0 Å². The first-order chi connectivity index (χ1) is 9.37. The molecular formula is C17H28N2O. The molecule has 0 N–H and O–H groups in total. The summed E-state index contributed by atoms with van der Waals surface area (Å²) in [7, 11) is 0. The molecule has 0 radical (unpaired) electrons. The van der Waals surface area contributed by atoms with Crippen LogP contribution in [0.25, 0.3) is 0 Å². The van der Waals surface area contributed by atoms with Crippen molar-refractivity contribution < 1.29 is 4.79 Å². The van der Waals surface area contributed by atoms with Crippen LogP contribution in [0.2, 0.25) is 0 Å². The summed E-state index contributed by atoms with van der Waals surface area (Å²) in [6.45, 7) is 10.6. The molecule has 0 aliphatic carbocycles. The highest BCUT2D eigenvalue weighted by molar-refractivity contribution is 5.88. The molecule has 1 heterocycles. The van der Waals surface area contributed by atoms with E-state index < -0.39 is 0 Å². The van der Waals surface area contributed by atoms with Crippen LogP contribution in [0.1, 0.15) is 66.7 Å². The van der Waals surface area contributed by atoms with E-state index in [9.17, 15) is 4.79 Å². The minimum absolute atomic E-state index is 0.145. The zero-order valence-corrected chi connectivity index (χ0v) is 13.6. The monoisotopic (exact) mass is 276 g/mol. The Bertz CT molecular complexity index is 426. The van der Waals surface area contributed by atoms with E-state index in [1.807, 2.05) is 0 Å². The summed E-state index contributed by atoms with van der Waals surface area (Å²) in [5, 5.41) is 6.11. The fourth-order valence-corrected chi connectivity index (χ4v) is 2.52. The molecule has 0 spiro atoms. The molecule has 0 aromatic heterocycles. The third kappa shape index (κ3) is 4.95. The average molecular weight is 276 g/mol. The molecule has 0 fully saturated rings. The van der Waals surface area contributed by atoms with Crippen molar-refractivity contribution >= 4 is 12.1 Å². The number of hydrogen-bond donors (Lipinski definition) is 0. The summed E-state index contributed by atoms with van der Waals surface area (Å²) in [5.74, 6) is 0. The maximum absolute atomic E-state index is 11.2. The van der Waals surface area contributed by atoms with Crippen molar-refractivity contribution in [2.75, 3.05) is 0 Å². The van der Waals surface area contributed by atoms with Gasteiger partial charge in [0.05, 0.1) is 5.54 Å². The Hall–Kier alpha value is -1.38. The number of hydrazone groups is 1. The molecule has 3 heteroatoms. The zero-order chi connectivity index (χ0) is 15.2. The lowest BCUT2D eigenvalue weighted by molar-refractivity contribution is -0.122. The number of carbonyl (C=O) groups is 1. The van der Waals surface area contributed by atoms with Crippen LogP contribution in [0.4, 0.5) is 0 Å². The summed E-state index contributed by atoms with van der Waals surface area (Å²) < 4.78 is 0. The van der Waals surface area contributed by atoms with Crippen LogP contribution in [-0.4, -0.2) is 22.7 Å². The molecule has 1 atom stereocenters. The number of nitrogens with zero attached hydrogens (tertiary/aromatic N) is 2. The van der Waals surface area contributed by atoms with Gasteiger partial charge in [0.2, 0.25) is 6.41 Å². The van der Waals surface area contributed by atoms with Crippen LogP contribution >= 0.6 is 0 Å². The first kappa shape index (κ1) is 16.7. The molecule has 0 aromatic carbocycles. The third-order valence-corrected chi connectivity index (χ3v) is 3.71. The smallest absolute Gasteiger partial charge is 0.230 e. The fraction of sp³-hybridized carbons (Fsp3) is 0.647. The number of amides is 1. The van der Waals surface area contributed by atoms with Crippen LogP contribution in [-0.2, 0) is 4.79 Å². The van der Waals surface area contributed by atoms with Gasteiger partial charge in [-0.05, 0) is 60.3 Å². The molecule has 1 rings (SSSR count). The minimum Gasteiger partial charge on any atom is -0.277 e. The Morgan fingerprint density at radius 3 is 2.35 bits per heavy atom. The van der Waals surface area contributed by atoms with Crippen molar-refractivity contribution in [1.82, 2.24) is 5.01 Å². The Labute approximate surface area is 123 Å². The summed E-state index contributed by atoms with van der Waals surface area (Å²) >= 11 is 0. The molecule has 1 amide bonds. The summed E-state index contributed by atoms with van der Waals surface area (Å²) in [5.41, 5.74) is 3.67. The molecule has 0 saturated carbocycles. The molecule has 1 aliphatic rings. The van der Waals surface area contributed by atoms with E-state index in [2.05, 4.69) is 51.9 Å². The summed E-state index contributed by atoms with van der Waals surface area (Å²) in [4.78, 5) is 11.2. The van der Waals surface area contributed by atoms with Gasteiger partial charge in [-0.1, -0.05) is 23.3 Å². The average Bonchev–Trinajstić information content (AvgIpc) is 2.65. The lowest BCUT2D eigenvalue weighted by Crippen LogP contribution is -2.38. The second kappa shape index (κ2) is 7.41. The van der Waals surface area contributed by atoms with E-state index in [-0.39, 0.29) is 5.54 Å². The van der Waals surface area contributed by atoms with E-state index in [4.69, 9.17) is 0 Å². The van der Waals surface area contributed by atoms with Gasteiger partial charge < -0.3 is 0 Å². The van der Waals surface area contributed by atoms with E-state index in [1.54, 1.807) is 5.01 Å². The number of carbonyl (C=O) groups excluding carboxylic acids is 1. The Morgan fingerprint density at radius 2 is 1.80 bits per heavy atom. The molecule has 1 unspecified atom stereocenters. The summed E-state index contributed by atoms with van der Waals surface area (Å²) in [6, 6.07) is 0. The van der Waals surface area contributed by atoms with Crippen LogP contribution < -0.4 is 0 Å². The van der Waals surface area contributed by atoms with E-state index in [1.165, 1.54) is 11.1 Å². The van der Waals surface area contributed by atoms with Gasteiger partial charge in [0, 0.05) is 12.1 Å². The molecule has 20 heavy (non-hydrogen) atoms. The van der Waals surface area contributed by atoms with Crippen molar-refractivity contribution in [1.29, 1.82) is 0 Å². The second-order valence-electron chi connectivity index (χ2n) is 6.43. The predicted octanol–water partition coefficient (Wildman–Crippen LogP) is 4.46. The number of rotatable bonds is 7. The van der Waals surface area contributed by atoms with Crippen molar-refractivity contribution in [3.63, 3.8) is 0 Å². The molecule has 1 aliphatic heterocycles. The van der Waals surface area contributed by atoms with Gasteiger partial charge >= 0.3 is 0 Å². The quantitative estimate of drug-likeness (QED) is 0.499. The Morgan fingerprint density at radius 1 is 1.20 bits per heavy atom. The Balaban J connectivity index is 2.60. The molecule has 3 nitrogen and oxygen atoms in total. The van der Waals surface area contributed by atoms with E-state index >= 15 is 0 Å². The van der Waals surface area contributed by atoms with Gasteiger partial charge in [-0.3, -0.25) is 4.79 Å². The van der Waals surface area contributed by atoms with Gasteiger partial charge in [-0.15, -0.1) is 0 Å². The van der Waals surface area contributed by atoms with Crippen LogP contribution in [0, 0.1) is 0 Å². The van der Waals surface area contributed by atoms with Gasteiger partial charge in [0.1, 0.15) is 0 Å². The highest BCUT2D eigenvalue weighted by atomic mass is 16.1. The summed E-state index contributed by atoms with van der Waals surface area (Å²) in [6.07, 6.45) is 10.2. The van der Waals surface area contributed by atoms with Crippen LogP contribution in [0.3, 0.4) is 0 Å². The minimum atomic E-state index is -0.145. The number of allylic oxidation sites excluding steroid dienone is 4. The third-order valence-electron chi connectivity index (χ3n) is 3.71. The molecular weight excluding hydrogens is 248 g/mol. The number of hydrogen-bond acceptors (Lipinski definition) is 2. The van der Waals surface area contributed by atoms with Gasteiger partial charge in [0.15, 0.2) is 0 Å². The fourth-order valence-electron chi connectivity index (χ4n) is 2.52. The molecule has 0 saturated heterocycles. The lowest BCUT2D eigenvalue weighted by Gasteiger charge is -2.29. The van der Waals surface area contributed by atoms with Crippen molar-refractivity contribution in [3.05, 3.63) is 23.3 Å². The first-order valence-corrected chi connectivity index (χ1v) is 7.45. The van der Waals surface area contributed by atoms with Crippen LogP contribution in [0.15, 0.2) is 28.4 Å². The SMILES string of the molecule is CC(C)=CCCC1=NN(C=O)C(C)(CCC=C(C)C)C1. The topological polar surface area (TPSA) is 32.7 Å². The van der Waals surface area contributed by atoms with Gasteiger partial charge in [-0.25, -0.2) is 5.01 Å². The highest BCUT2D eigenvalue weighted by Crippen LogP contribution is 2.32. The first-order valence-electron chi connectivity index (χ1n) is 7.45. The zero-order valence-electron chi connectivity index (χ0n) is 13.6. The highest BCUT2D eigenvalue weighted by Gasteiger charge is 2.37. The maximum atomic E-state index is 11.2. The standard InChI is InChI=1S/C17H28N2O/c1-14(2)8-6-10-16-12-17(5,19(13-20)18-16)11-7-9-15(3)4/h8-9,13H,6-7,10-12H2,1-5H3. The second-order valence-corrected chi connectivity index (χ2v) is 6.43. The normalized spacial score (nSPS) is 21.4. The van der Waals surface area contributed by atoms with Crippen molar-refractivity contribution in [2.45, 2.75) is 72.3 Å². The van der Waals surface area contributed by atoms with Crippen LogP contribution in [0.5, 0.6) is 0 Å². The van der Waals surface area contributed by atoms with Gasteiger partial charge in [0.25, 0.3) is 0 Å². The molecule has 0 bridgehead atoms. The predicted molar refractivity (Wildman–Crippen MR) is 85.7 cm³/mol. The molecule has 0 aromatic rings. The van der Waals surface area contributed by atoms with E-state index in [0.29, 0.717) is 0 Å². The molecule has 112 valence electrons. The largest absolute Gasteiger partial charge is 0.277 e. The van der Waals surface area contributed by atoms with Crippen molar-refractivity contribution in [2.24, 2.45) is 5.10 Å². The maximum Gasteiger partial charge on any atom is 0.230 e. The van der Waals surface area contributed by atoms with E-state index in [0.717, 1.165) is 44.2 Å². The Kier molecular flexibility index (Phi) is 6.18. The lowest BCUT2D eigenvalue weighted by atomic mass is 9.89.